The first-order valence-corrected chi connectivity index (χ1v) is 8.97. The van der Waals surface area contributed by atoms with E-state index in [0.29, 0.717) is 17.8 Å². The summed E-state index contributed by atoms with van der Waals surface area (Å²) in [6.07, 6.45) is 1.72. The van der Waals surface area contributed by atoms with Gasteiger partial charge >= 0.3 is 0 Å². The van der Waals surface area contributed by atoms with Crippen LogP contribution in [-0.4, -0.2) is 23.0 Å². The van der Waals surface area contributed by atoms with Crippen LogP contribution in [0.25, 0.3) is 22.3 Å². The largest absolute Gasteiger partial charge is 0.496 e. The zero-order valence-corrected chi connectivity index (χ0v) is 15.4. The second kappa shape index (κ2) is 7.88. The second-order valence-electron chi connectivity index (χ2n) is 6.28. The maximum absolute atomic E-state index is 13.0. The van der Waals surface area contributed by atoms with Gasteiger partial charge in [0.2, 0.25) is 0 Å². The van der Waals surface area contributed by atoms with Gasteiger partial charge in [0.15, 0.2) is 0 Å². The molecule has 0 unspecified atom stereocenters. The lowest BCUT2D eigenvalue weighted by atomic mass is 10.1. The van der Waals surface area contributed by atoms with E-state index in [1.54, 1.807) is 19.4 Å². The highest BCUT2D eigenvalue weighted by Gasteiger charge is 2.14. The first-order chi connectivity index (χ1) is 13.8. The number of methoxy groups -OCH3 is 1. The predicted octanol–water partition coefficient (Wildman–Crippen LogP) is 4.24. The van der Waals surface area contributed by atoms with Crippen LogP contribution in [0.5, 0.6) is 5.75 Å². The standard InChI is InChI=1S/C23H19N3O2/c1-28-22-12-5-2-8-16(22)15-25-23(27)18-14-21(20-11-6-7-13-24-20)26-19-10-4-3-9-17(18)19/h2-14H,15H2,1H3,(H,25,27). The summed E-state index contributed by atoms with van der Waals surface area (Å²) in [5.41, 5.74) is 3.64. The summed E-state index contributed by atoms with van der Waals surface area (Å²) in [5.74, 6) is 0.582. The van der Waals surface area contributed by atoms with Crippen LogP contribution in [0.1, 0.15) is 15.9 Å². The molecule has 2 heterocycles. The number of para-hydroxylation sites is 2. The van der Waals surface area contributed by atoms with Gasteiger partial charge in [0.05, 0.1) is 29.6 Å². The number of benzene rings is 2. The van der Waals surface area contributed by atoms with Gasteiger partial charge in [0.25, 0.3) is 5.91 Å². The van der Waals surface area contributed by atoms with Crippen molar-refractivity contribution >= 4 is 16.8 Å². The minimum absolute atomic E-state index is 0.165. The molecule has 0 aliphatic carbocycles. The Bertz CT molecular complexity index is 1130. The molecule has 4 rings (SSSR count). The fourth-order valence-electron chi connectivity index (χ4n) is 3.13. The number of amides is 1. The third-order valence-electron chi connectivity index (χ3n) is 4.52. The topological polar surface area (TPSA) is 64.1 Å². The van der Waals surface area contributed by atoms with Gasteiger partial charge in [-0.25, -0.2) is 4.98 Å². The van der Waals surface area contributed by atoms with Crippen LogP contribution in [0.4, 0.5) is 0 Å². The van der Waals surface area contributed by atoms with E-state index >= 15 is 0 Å². The number of ether oxygens (including phenoxy) is 1. The first kappa shape index (κ1) is 17.7. The Morgan fingerprint density at radius 2 is 1.75 bits per heavy atom. The lowest BCUT2D eigenvalue weighted by molar-refractivity contribution is 0.0952. The number of hydrogen-bond acceptors (Lipinski definition) is 4. The van der Waals surface area contributed by atoms with Crippen LogP contribution < -0.4 is 10.1 Å². The minimum atomic E-state index is -0.165. The van der Waals surface area contributed by atoms with Gasteiger partial charge in [0.1, 0.15) is 5.75 Å². The molecule has 0 aliphatic rings. The molecule has 0 saturated heterocycles. The number of rotatable bonds is 5. The van der Waals surface area contributed by atoms with Gasteiger partial charge in [-0.3, -0.25) is 9.78 Å². The molecule has 138 valence electrons. The summed E-state index contributed by atoms with van der Waals surface area (Å²) < 4.78 is 5.36. The number of pyridine rings is 2. The summed E-state index contributed by atoms with van der Waals surface area (Å²) >= 11 is 0. The highest BCUT2D eigenvalue weighted by atomic mass is 16.5. The summed E-state index contributed by atoms with van der Waals surface area (Å²) in [7, 11) is 1.62. The van der Waals surface area contributed by atoms with Gasteiger partial charge in [-0.05, 0) is 30.3 Å². The Hall–Kier alpha value is -3.73. The maximum Gasteiger partial charge on any atom is 0.252 e. The molecule has 5 nitrogen and oxygen atoms in total. The number of fused-ring (bicyclic) bond motifs is 1. The van der Waals surface area contributed by atoms with E-state index in [4.69, 9.17) is 4.74 Å². The Balaban J connectivity index is 1.69. The molecule has 4 aromatic rings. The molecular formula is C23H19N3O2. The van der Waals surface area contributed by atoms with E-state index in [2.05, 4.69) is 15.3 Å². The van der Waals surface area contributed by atoms with Crippen molar-refractivity contribution < 1.29 is 9.53 Å². The molecule has 0 atom stereocenters. The van der Waals surface area contributed by atoms with Gasteiger partial charge in [-0.2, -0.15) is 0 Å². The average Bonchev–Trinajstić information content (AvgIpc) is 2.77. The van der Waals surface area contributed by atoms with Crippen LogP contribution in [0.3, 0.4) is 0 Å². The van der Waals surface area contributed by atoms with Crippen LogP contribution >= 0.6 is 0 Å². The smallest absolute Gasteiger partial charge is 0.252 e. The number of carbonyl (C=O) groups is 1. The summed E-state index contributed by atoms with van der Waals surface area (Å²) in [6.45, 7) is 0.373. The quantitative estimate of drug-likeness (QED) is 0.572. The fourth-order valence-corrected chi connectivity index (χ4v) is 3.13. The molecule has 28 heavy (non-hydrogen) atoms. The van der Waals surface area contributed by atoms with E-state index in [1.165, 1.54) is 0 Å². The molecule has 0 saturated carbocycles. The molecule has 0 bridgehead atoms. The molecule has 2 aromatic heterocycles. The van der Waals surface area contributed by atoms with Crippen LogP contribution in [0.2, 0.25) is 0 Å². The summed E-state index contributed by atoms with van der Waals surface area (Å²) in [6, 6.07) is 22.7. The Labute approximate surface area is 163 Å². The van der Waals surface area contributed by atoms with Gasteiger partial charge in [-0.1, -0.05) is 42.5 Å². The second-order valence-corrected chi connectivity index (χ2v) is 6.28. The maximum atomic E-state index is 13.0. The zero-order valence-electron chi connectivity index (χ0n) is 15.4. The molecular weight excluding hydrogens is 350 g/mol. The SMILES string of the molecule is COc1ccccc1CNC(=O)c1cc(-c2ccccn2)nc2ccccc12. The molecule has 0 aliphatic heterocycles. The molecule has 0 fully saturated rings. The monoisotopic (exact) mass is 369 g/mol. The van der Waals surface area contributed by atoms with Crippen molar-refractivity contribution in [3.63, 3.8) is 0 Å². The molecule has 5 heteroatoms. The van der Waals surface area contributed by atoms with Gasteiger partial charge in [0, 0.05) is 23.7 Å². The van der Waals surface area contributed by atoms with Crippen LogP contribution in [-0.2, 0) is 6.54 Å². The van der Waals surface area contributed by atoms with Gasteiger partial charge < -0.3 is 10.1 Å². The predicted molar refractivity (Wildman–Crippen MR) is 109 cm³/mol. The molecule has 1 N–H and O–H groups in total. The number of hydrogen-bond donors (Lipinski definition) is 1. The Kier molecular flexibility index (Phi) is 4.97. The summed E-state index contributed by atoms with van der Waals surface area (Å²) in [4.78, 5) is 22.0. The highest BCUT2D eigenvalue weighted by Crippen LogP contribution is 2.24. The van der Waals surface area contributed by atoms with Crippen LogP contribution in [0, 0.1) is 0 Å². The van der Waals surface area contributed by atoms with E-state index in [0.717, 1.165) is 27.9 Å². The van der Waals surface area contributed by atoms with E-state index in [9.17, 15) is 4.79 Å². The van der Waals surface area contributed by atoms with Crippen molar-refractivity contribution in [2.75, 3.05) is 7.11 Å². The number of nitrogens with zero attached hydrogens (tertiary/aromatic N) is 2. The minimum Gasteiger partial charge on any atom is -0.496 e. The Morgan fingerprint density at radius 1 is 0.964 bits per heavy atom. The third-order valence-corrected chi connectivity index (χ3v) is 4.52. The van der Waals surface area contributed by atoms with E-state index in [-0.39, 0.29) is 5.91 Å². The third kappa shape index (κ3) is 3.55. The van der Waals surface area contributed by atoms with Crippen molar-refractivity contribution in [3.05, 3.63) is 90.1 Å². The summed E-state index contributed by atoms with van der Waals surface area (Å²) in [5, 5.41) is 3.80. The normalized spacial score (nSPS) is 10.6. The van der Waals surface area contributed by atoms with Crippen molar-refractivity contribution in [1.82, 2.24) is 15.3 Å². The van der Waals surface area contributed by atoms with Crippen molar-refractivity contribution in [2.24, 2.45) is 0 Å². The number of aromatic nitrogens is 2. The highest BCUT2D eigenvalue weighted by molar-refractivity contribution is 6.07. The first-order valence-electron chi connectivity index (χ1n) is 8.97. The average molecular weight is 369 g/mol. The van der Waals surface area contributed by atoms with Gasteiger partial charge in [-0.15, -0.1) is 0 Å². The number of carbonyl (C=O) groups excluding carboxylic acids is 1. The van der Waals surface area contributed by atoms with Crippen LogP contribution in [0.15, 0.2) is 79.0 Å². The van der Waals surface area contributed by atoms with E-state index in [1.807, 2.05) is 66.7 Å². The molecule has 2 aromatic carbocycles. The molecule has 0 radical (unpaired) electrons. The van der Waals surface area contributed by atoms with Crippen molar-refractivity contribution in [3.8, 4) is 17.1 Å². The fraction of sp³-hybridized carbons (Fsp3) is 0.0870. The van der Waals surface area contributed by atoms with Crippen molar-refractivity contribution in [1.29, 1.82) is 0 Å². The van der Waals surface area contributed by atoms with E-state index < -0.39 is 0 Å². The Morgan fingerprint density at radius 3 is 2.57 bits per heavy atom. The molecule has 0 spiro atoms. The zero-order chi connectivity index (χ0) is 19.3. The number of nitrogens with one attached hydrogen (secondary N) is 1. The lowest BCUT2D eigenvalue weighted by Crippen LogP contribution is -2.23. The van der Waals surface area contributed by atoms with Crippen molar-refractivity contribution in [2.45, 2.75) is 6.54 Å². The molecule has 1 amide bonds. The lowest BCUT2D eigenvalue weighted by Gasteiger charge is -2.12.